The number of aliphatic carboxylic acids is 1. The van der Waals surface area contributed by atoms with Crippen LogP contribution in [0.2, 0.25) is 5.02 Å². The zero-order valence-corrected chi connectivity index (χ0v) is 9.98. The zero-order chi connectivity index (χ0) is 13.7. The van der Waals surface area contributed by atoms with Crippen molar-refractivity contribution in [2.75, 3.05) is 0 Å². The van der Waals surface area contributed by atoms with Crippen molar-refractivity contribution in [1.82, 2.24) is 5.32 Å². The first-order chi connectivity index (χ1) is 8.40. The van der Waals surface area contributed by atoms with Crippen LogP contribution in [0.5, 0.6) is 0 Å². The normalized spacial score (nSPS) is 11.6. The molecule has 0 radical (unpaired) electrons. The van der Waals surface area contributed by atoms with Crippen molar-refractivity contribution in [3.63, 3.8) is 0 Å². The number of carboxylic acid groups (broad SMARTS) is 1. The minimum Gasteiger partial charge on any atom is -0.480 e. The summed E-state index contributed by atoms with van der Waals surface area (Å²) in [5.41, 5.74) is 5.14. The van der Waals surface area contributed by atoms with Gasteiger partial charge in [0.25, 0.3) is 5.91 Å². The second-order valence-electron chi connectivity index (χ2n) is 3.54. The third-order valence-corrected chi connectivity index (χ3v) is 2.37. The first-order valence-corrected chi connectivity index (χ1v) is 5.35. The van der Waals surface area contributed by atoms with Gasteiger partial charge in [-0.3, -0.25) is 9.59 Å². The fourth-order valence-electron chi connectivity index (χ4n) is 1.24. The van der Waals surface area contributed by atoms with Gasteiger partial charge < -0.3 is 16.2 Å². The predicted molar refractivity (Wildman–Crippen MR) is 64.2 cm³/mol. The SMILES string of the molecule is NC(=O)C[C@@H](NC(=O)c1ccc(Cl)cc1)C(=O)O. The summed E-state index contributed by atoms with van der Waals surface area (Å²) >= 11 is 5.65. The molecule has 1 rings (SSSR count). The van der Waals surface area contributed by atoms with Crippen LogP contribution in [0, 0.1) is 0 Å². The number of benzene rings is 1. The van der Waals surface area contributed by atoms with Crippen LogP contribution in [-0.2, 0) is 9.59 Å². The maximum Gasteiger partial charge on any atom is 0.326 e. The summed E-state index contributed by atoms with van der Waals surface area (Å²) in [5.74, 6) is -2.74. The highest BCUT2D eigenvalue weighted by molar-refractivity contribution is 6.30. The molecule has 0 heterocycles. The molecule has 0 fully saturated rings. The number of carboxylic acids is 1. The van der Waals surface area contributed by atoms with Crippen LogP contribution in [0.1, 0.15) is 16.8 Å². The molecule has 0 aliphatic rings. The highest BCUT2D eigenvalue weighted by atomic mass is 35.5. The number of hydrogen-bond donors (Lipinski definition) is 3. The third-order valence-electron chi connectivity index (χ3n) is 2.12. The Kier molecular flexibility index (Phi) is 4.67. The van der Waals surface area contributed by atoms with Gasteiger partial charge in [-0.2, -0.15) is 0 Å². The first kappa shape index (κ1) is 14.0. The number of primary amides is 1. The summed E-state index contributed by atoms with van der Waals surface area (Å²) in [6.07, 6.45) is -0.464. The molecule has 0 aromatic heterocycles. The monoisotopic (exact) mass is 270 g/mol. The molecule has 2 amide bonds. The number of halogens is 1. The van der Waals surface area contributed by atoms with E-state index in [2.05, 4.69) is 5.32 Å². The minimum atomic E-state index is -1.34. The van der Waals surface area contributed by atoms with Gasteiger partial charge in [-0.15, -0.1) is 0 Å². The molecule has 4 N–H and O–H groups in total. The largest absolute Gasteiger partial charge is 0.480 e. The second-order valence-corrected chi connectivity index (χ2v) is 3.98. The molecule has 0 saturated carbocycles. The van der Waals surface area contributed by atoms with Gasteiger partial charge in [0.1, 0.15) is 6.04 Å². The van der Waals surface area contributed by atoms with E-state index in [0.717, 1.165) is 0 Å². The average Bonchev–Trinajstić information content (AvgIpc) is 2.28. The molecule has 0 saturated heterocycles. The molecule has 96 valence electrons. The number of rotatable bonds is 5. The Hall–Kier alpha value is -2.08. The third kappa shape index (κ3) is 4.06. The lowest BCUT2D eigenvalue weighted by atomic mass is 10.1. The Morgan fingerprint density at radius 3 is 2.28 bits per heavy atom. The molecule has 0 spiro atoms. The lowest BCUT2D eigenvalue weighted by Gasteiger charge is -2.12. The van der Waals surface area contributed by atoms with E-state index in [1.807, 2.05) is 0 Å². The highest BCUT2D eigenvalue weighted by Gasteiger charge is 2.22. The molecule has 7 heteroatoms. The Morgan fingerprint density at radius 1 is 1.28 bits per heavy atom. The van der Waals surface area contributed by atoms with Crippen LogP contribution in [0.4, 0.5) is 0 Å². The fourth-order valence-corrected chi connectivity index (χ4v) is 1.37. The van der Waals surface area contributed by atoms with Gasteiger partial charge >= 0.3 is 5.97 Å². The Bertz CT molecular complexity index is 472. The van der Waals surface area contributed by atoms with Crippen LogP contribution < -0.4 is 11.1 Å². The lowest BCUT2D eigenvalue weighted by Crippen LogP contribution is -2.43. The summed E-state index contributed by atoms with van der Waals surface area (Å²) in [6, 6.07) is 4.55. The molecular formula is C11H11ClN2O4. The summed E-state index contributed by atoms with van der Waals surface area (Å²) in [4.78, 5) is 33.2. The number of amides is 2. The number of carbonyl (C=O) groups is 3. The van der Waals surface area contributed by atoms with Crippen molar-refractivity contribution in [3.8, 4) is 0 Å². The average molecular weight is 271 g/mol. The number of nitrogens with one attached hydrogen (secondary N) is 1. The number of hydrogen-bond acceptors (Lipinski definition) is 3. The number of nitrogens with two attached hydrogens (primary N) is 1. The van der Waals surface area contributed by atoms with Crippen molar-refractivity contribution < 1.29 is 19.5 Å². The molecule has 0 bridgehead atoms. The summed E-state index contributed by atoms with van der Waals surface area (Å²) in [7, 11) is 0. The molecule has 0 aliphatic heterocycles. The minimum absolute atomic E-state index is 0.245. The van der Waals surface area contributed by atoms with E-state index in [1.165, 1.54) is 24.3 Å². The molecule has 0 unspecified atom stereocenters. The van der Waals surface area contributed by atoms with E-state index in [9.17, 15) is 14.4 Å². The second kappa shape index (κ2) is 6.02. The van der Waals surface area contributed by atoms with Gasteiger partial charge in [0.2, 0.25) is 5.91 Å². The van der Waals surface area contributed by atoms with Crippen LogP contribution in [0.3, 0.4) is 0 Å². The smallest absolute Gasteiger partial charge is 0.326 e. The standard InChI is InChI=1S/C11H11ClN2O4/c12-7-3-1-6(2-4-7)10(16)14-8(11(17)18)5-9(13)15/h1-4,8H,5H2,(H2,13,15)(H,14,16)(H,17,18)/t8-/m1/s1. The molecule has 6 nitrogen and oxygen atoms in total. The molecular weight excluding hydrogens is 260 g/mol. The molecule has 1 atom stereocenters. The van der Waals surface area contributed by atoms with E-state index in [4.69, 9.17) is 22.4 Å². The van der Waals surface area contributed by atoms with Crippen molar-refractivity contribution >= 4 is 29.4 Å². The summed E-state index contributed by atoms with van der Waals surface area (Å²) in [5, 5.41) is 11.5. The van der Waals surface area contributed by atoms with E-state index >= 15 is 0 Å². The number of carbonyl (C=O) groups excluding carboxylic acids is 2. The van der Waals surface area contributed by atoms with Gasteiger partial charge in [-0.25, -0.2) is 4.79 Å². The molecule has 1 aromatic rings. The van der Waals surface area contributed by atoms with Gasteiger partial charge in [0.05, 0.1) is 6.42 Å². The van der Waals surface area contributed by atoms with Crippen molar-refractivity contribution in [2.45, 2.75) is 12.5 Å². The highest BCUT2D eigenvalue weighted by Crippen LogP contribution is 2.09. The molecule has 1 aromatic carbocycles. The Morgan fingerprint density at radius 2 is 1.83 bits per heavy atom. The Labute approximate surface area is 108 Å². The van der Waals surface area contributed by atoms with Crippen molar-refractivity contribution in [3.05, 3.63) is 34.9 Å². The summed E-state index contributed by atoms with van der Waals surface area (Å²) < 4.78 is 0. The lowest BCUT2D eigenvalue weighted by molar-refractivity contribution is -0.140. The van der Waals surface area contributed by atoms with Gasteiger partial charge in [-0.1, -0.05) is 11.6 Å². The van der Waals surface area contributed by atoms with Crippen LogP contribution >= 0.6 is 11.6 Å². The molecule has 18 heavy (non-hydrogen) atoms. The molecule has 0 aliphatic carbocycles. The van der Waals surface area contributed by atoms with E-state index < -0.39 is 30.2 Å². The Balaban J connectivity index is 2.75. The van der Waals surface area contributed by atoms with Gasteiger partial charge in [-0.05, 0) is 24.3 Å². The summed E-state index contributed by atoms with van der Waals surface area (Å²) in [6.45, 7) is 0. The quantitative estimate of drug-likeness (QED) is 0.719. The topological polar surface area (TPSA) is 109 Å². The zero-order valence-electron chi connectivity index (χ0n) is 9.22. The maximum atomic E-state index is 11.7. The van der Waals surface area contributed by atoms with Crippen LogP contribution in [0.15, 0.2) is 24.3 Å². The van der Waals surface area contributed by atoms with Gasteiger partial charge in [0.15, 0.2) is 0 Å². The van der Waals surface area contributed by atoms with Crippen LogP contribution in [0.25, 0.3) is 0 Å². The fraction of sp³-hybridized carbons (Fsp3) is 0.182. The first-order valence-electron chi connectivity index (χ1n) is 4.97. The van der Waals surface area contributed by atoms with E-state index in [0.29, 0.717) is 5.02 Å². The van der Waals surface area contributed by atoms with Crippen molar-refractivity contribution in [1.29, 1.82) is 0 Å². The maximum absolute atomic E-state index is 11.7. The predicted octanol–water partition coefficient (Wildman–Crippen LogP) is 0.398. The van der Waals surface area contributed by atoms with Crippen LogP contribution in [-0.4, -0.2) is 28.9 Å². The van der Waals surface area contributed by atoms with E-state index in [-0.39, 0.29) is 5.56 Å². The van der Waals surface area contributed by atoms with E-state index in [1.54, 1.807) is 0 Å². The van der Waals surface area contributed by atoms with Crippen molar-refractivity contribution in [2.24, 2.45) is 5.73 Å². The van der Waals surface area contributed by atoms with Gasteiger partial charge in [0, 0.05) is 10.6 Å².